The van der Waals surface area contributed by atoms with Gasteiger partial charge in [0.25, 0.3) is 0 Å². The van der Waals surface area contributed by atoms with E-state index < -0.39 is 11.6 Å². The zero-order chi connectivity index (χ0) is 14.3. The Kier molecular flexibility index (Phi) is 6.03. The Morgan fingerprint density at radius 2 is 1.95 bits per heavy atom. The Balaban J connectivity index is 2.63. The highest BCUT2D eigenvalue weighted by Crippen LogP contribution is 2.25. The van der Waals surface area contributed by atoms with E-state index in [4.69, 9.17) is 0 Å². The number of benzene rings is 1. The number of aryl methyl sites for hydroxylation is 1. The predicted octanol–water partition coefficient (Wildman–Crippen LogP) is 3.26. The van der Waals surface area contributed by atoms with Crippen molar-refractivity contribution >= 4 is 5.97 Å². The molecular weight excluding hydrogens is 240 g/mol. The molecule has 0 aliphatic heterocycles. The summed E-state index contributed by atoms with van der Waals surface area (Å²) < 4.78 is 0. The van der Waals surface area contributed by atoms with E-state index in [0.717, 1.165) is 18.4 Å². The fourth-order valence-electron chi connectivity index (χ4n) is 2.46. The maximum absolute atomic E-state index is 11.3. The summed E-state index contributed by atoms with van der Waals surface area (Å²) in [4.78, 5) is 11.3. The van der Waals surface area contributed by atoms with E-state index in [9.17, 15) is 15.0 Å². The van der Waals surface area contributed by atoms with Crippen LogP contribution in [0.5, 0.6) is 0 Å². The maximum atomic E-state index is 11.3. The monoisotopic (exact) mass is 264 g/mol. The first-order valence-corrected chi connectivity index (χ1v) is 6.97. The average molecular weight is 264 g/mol. The van der Waals surface area contributed by atoms with Crippen molar-refractivity contribution < 1.29 is 15.0 Å². The van der Waals surface area contributed by atoms with Crippen LogP contribution in [0.1, 0.15) is 45.1 Å². The number of carbonyl (C=O) groups is 1. The van der Waals surface area contributed by atoms with E-state index in [0.29, 0.717) is 12.8 Å². The van der Waals surface area contributed by atoms with Crippen LogP contribution in [-0.2, 0) is 11.2 Å². The molecule has 0 aliphatic rings. The summed E-state index contributed by atoms with van der Waals surface area (Å²) in [7, 11) is 0. The lowest BCUT2D eigenvalue weighted by molar-refractivity contribution is -0.161. The SMILES string of the molecule is CCCC(C)CC(O)(CCc1ccccc1)C(=O)O. The number of aliphatic carboxylic acids is 1. The second kappa shape index (κ2) is 7.29. The lowest BCUT2D eigenvalue weighted by atomic mass is 9.84. The Bertz CT molecular complexity index is 388. The van der Waals surface area contributed by atoms with Crippen molar-refractivity contribution in [2.24, 2.45) is 5.92 Å². The topological polar surface area (TPSA) is 57.5 Å². The zero-order valence-electron chi connectivity index (χ0n) is 11.8. The summed E-state index contributed by atoms with van der Waals surface area (Å²) in [6, 6.07) is 9.69. The summed E-state index contributed by atoms with van der Waals surface area (Å²) in [6.45, 7) is 4.07. The molecular formula is C16H24O3. The van der Waals surface area contributed by atoms with Crippen molar-refractivity contribution in [2.45, 2.75) is 51.6 Å². The van der Waals surface area contributed by atoms with E-state index in [-0.39, 0.29) is 12.3 Å². The molecule has 0 amide bonds. The van der Waals surface area contributed by atoms with E-state index in [1.165, 1.54) is 0 Å². The van der Waals surface area contributed by atoms with Crippen LogP contribution in [0.2, 0.25) is 0 Å². The maximum Gasteiger partial charge on any atom is 0.335 e. The van der Waals surface area contributed by atoms with Gasteiger partial charge in [-0.25, -0.2) is 4.79 Å². The van der Waals surface area contributed by atoms with E-state index in [1.54, 1.807) is 0 Å². The Morgan fingerprint density at radius 3 is 2.47 bits per heavy atom. The fourth-order valence-corrected chi connectivity index (χ4v) is 2.46. The molecule has 0 spiro atoms. The van der Waals surface area contributed by atoms with Crippen molar-refractivity contribution in [1.29, 1.82) is 0 Å². The zero-order valence-corrected chi connectivity index (χ0v) is 11.8. The Labute approximate surface area is 115 Å². The number of hydrogen-bond acceptors (Lipinski definition) is 2. The van der Waals surface area contributed by atoms with Gasteiger partial charge in [0, 0.05) is 0 Å². The van der Waals surface area contributed by atoms with Crippen LogP contribution in [0.25, 0.3) is 0 Å². The van der Waals surface area contributed by atoms with Gasteiger partial charge in [-0.15, -0.1) is 0 Å². The molecule has 0 aliphatic carbocycles. The predicted molar refractivity (Wildman–Crippen MR) is 76.0 cm³/mol. The molecule has 3 heteroatoms. The van der Waals surface area contributed by atoms with E-state index in [1.807, 2.05) is 37.3 Å². The summed E-state index contributed by atoms with van der Waals surface area (Å²) in [6.07, 6.45) is 3.13. The lowest BCUT2D eigenvalue weighted by Gasteiger charge is -2.26. The van der Waals surface area contributed by atoms with Crippen LogP contribution in [0, 0.1) is 5.92 Å². The van der Waals surface area contributed by atoms with Crippen LogP contribution in [0.15, 0.2) is 30.3 Å². The van der Waals surface area contributed by atoms with Crippen LogP contribution < -0.4 is 0 Å². The van der Waals surface area contributed by atoms with Crippen molar-refractivity contribution in [3.8, 4) is 0 Å². The third-order valence-electron chi connectivity index (χ3n) is 3.54. The van der Waals surface area contributed by atoms with Crippen LogP contribution >= 0.6 is 0 Å². The summed E-state index contributed by atoms with van der Waals surface area (Å²) in [5, 5.41) is 19.6. The van der Waals surface area contributed by atoms with E-state index >= 15 is 0 Å². The molecule has 106 valence electrons. The summed E-state index contributed by atoms with van der Waals surface area (Å²) in [5.41, 5.74) is -0.546. The molecule has 0 aromatic heterocycles. The molecule has 3 nitrogen and oxygen atoms in total. The summed E-state index contributed by atoms with van der Waals surface area (Å²) in [5.74, 6) is -0.881. The minimum atomic E-state index is -1.61. The molecule has 2 N–H and O–H groups in total. The van der Waals surface area contributed by atoms with Gasteiger partial charge < -0.3 is 10.2 Å². The Morgan fingerprint density at radius 1 is 1.32 bits per heavy atom. The number of aliphatic hydroxyl groups is 1. The largest absolute Gasteiger partial charge is 0.479 e. The van der Waals surface area contributed by atoms with Crippen molar-refractivity contribution in [3.63, 3.8) is 0 Å². The van der Waals surface area contributed by atoms with Gasteiger partial charge >= 0.3 is 5.97 Å². The fraction of sp³-hybridized carbons (Fsp3) is 0.562. The summed E-state index contributed by atoms with van der Waals surface area (Å²) >= 11 is 0. The van der Waals surface area contributed by atoms with Gasteiger partial charge in [0.15, 0.2) is 5.60 Å². The number of hydrogen-bond donors (Lipinski definition) is 2. The quantitative estimate of drug-likeness (QED) is 0.757. The number of carboxylic acid groups (broad SMARTS) is 1. The van der Waals surface area contributed by atoms with Crippen molar-refractivity contribution in [3.05, 3.63) is 35.9 Å². The molecule has 0 radical (unpaired) electrons. The smallest absolute Gasteiger partial charge is 0.335 e. The lowest BCUT2D eigenvalue weighted by Crippen LogP contribution is -2.40. The molecule has 2 atom stereocenters. The van der Waals surface area contributed by atoms with Gasteiger partial charge in [0.1, 0.15) is 0 Å². The first kappa shape index (κ1) is 15.7. The van der Waals surface area contributed by atoms with E-state index in [2.05, 4.69) is 6.92 Å². The third kappa shape index (κ3) is 5.03. The minimum Gasteiger partial charge on any atom is -0.479 e. The van der Waals surface area contributed by atoms with Gasteiger partial charge in [-0.05, 0) is 30.7 Å². The van der Waals surface area contributed by atoms with Crippen LogP contribution in [0.3, 0.4) is 0 Å². The van der Waals surface area contributed by atoms with Gasteiger partial charge in [-0.1, -0.05) is 57.0 Å². The number of carboxylic acids is 1. The second-order valence-electron chi connectivity index (χ2n) is 5.42. The highest BCUT2D eigenvalue weighted by Gasteiger charge is 2.36. The molecule has 19 heavy (non-hydrogen) atoms. The van der Waals surface area contributed by atoms with Crippen molar-refractivity contribution in [1.82, 2.24) is 0 Å². The highest BCUT2D eigenvalue weighted by molar-refractivity contribution is 5.77. The van der Waals surface area contributed by atoms with Gasteiger partial charge in [0.05, 0.1) is 0 Å². The first-order valence-electron chi connectivity index (χ1n) is 6.97. The highest BCUT2D eigenvalue weighted by atomic mass is 16.4. The third-order valence-corrected chi connectivity index (χ3v) is 3.54. The molecule has 0 saturated heterocycles. The van der Waals surface area contributed by atoms with Crippen LogP contribution in [-0.4, -0.2) is 21.8 Å². The minimum absolute atomic E-state index is 0.224. The molecule has 0 saturated carbocycles. The molecule has 0 fully saturated rings. The molecule has 0 bridgehead atoms. The van der Waals surface area contributed by atoms with Gasteiger partial charge in [-0.2, -0.15) is 0 Å². The second-order valence-corrected chi connectivity index (χ2v) is 5.42. The van der Waals surface area contributed by atoms with Gasteiger partial charge in [-0.3, -0.25) is 0 Å². The average Bonchev–Trinajstić information content (AvgIpc) is 2.37. The Hall–Kier alpha value is -1.35. The molecule has 1 rings (SSSR count). The standard InChI is InChI=1S/C16H24O3/c1-3-7-13(2)12-16(19,15(17)18)11-10-14-8-5-4-6-9-14/h4-6,8-9,13,19H,3,7,10-12H2,1-2H3,(H,17,18). The molecule has 1 aromatic rings. The molecule has 1 aromatic carbocycles. The van der Waals surface area contributed by atoms with Gasteiger partial charge in [0.2, 0.25) is 0 Å². The molecule has 0 heterocycles. The van der Waals surface area contributed by atoms with Crippen molar-refractivity contribution in [2.75, 3.05) is 0 Å². The first-order chi connectivity index (χ1) is 8.98. The van der Waals surface area contributed by atoms with Crippen LogP contribution in [0.4, 0.5) is 0 Å². The number of rotatable bonds is 8. The normalized spacial score (nSPS) is 15.7. The molecule has 2 unspecified atom stereocenters.